The van der Waals surface area contributed by atoms with Gasteiger partial charge in [-0.25, -0.2) is 0 Å². The van der Waals surface area contributed by atoms with Gasteiger partial charge in [-0.1, -0.05) is 24.3 Å². The van der Waals surface area contributed by atoms with E-state index in [1.165, 1.54) is 0 Å². The van der Waals surface area contributed by atoms with Crippen LogP contribution in [0.2, 0.25) is 0 Å². The largest absolute Gasteiger partial charge is 0.493 e. The van der Waals surface area contributed by atoms with E-state index in [0.29, 0.717) is 47.5 Å². The average molecular weight is 421 g/mol. The minimum atomic E-state index is -0.242. The Hall–Kier alpha value is -3.67. The summed E-state index contributed by atoms with van der Waals surface area (Å²) in [5.41, 5.74) is 1.88. The fourth-order valence-corrected chi connectivity index (χ4v) is 3.07. The number of carbonyl (C=O) groups excluding carboxylic acids is 1. The second-order valence-corrected chi connectivity index (χ2v) is 6.58. The number of hydrogen-bond acceptors (Lipinski definition) is 5. The predicted octanol–water partition coefficient (Wildman–Crippen LogP) is 5.32. The monoisotopic (exact) mass is 421 g/mol. The van der Waals surface area contributed by atoms with Gasteiger partial charge in [-0.2, -0.15) is 0 Å². The number of para-hydroxylation sites is 4. The zero-order valence-electron chi connectivity index (χ0n) is 18.0. The molecule has 0 unspecified atom stereocenters. The number of hydrogen-bond donors (Lipinski definition) is 1. The number of rotatable bonds is 10. The van der Waals surface area contributed by atoms with Crippen molar-refractivity contribution in [3.63, 3.8) is 0 Å². The van der Waals surface area contributed by atoms with E-state index in [0.717, 1.165) is 5.56 Å². The van der Waals surface area contributed by atoms with E-state index in [1.807, 2.05) is 62.4 Å². The molecule has 0 aliphatic carbocycles. The van der Waals surface area contributed by atoms with Gasteiger partial charge in [-0.3, -0.25) is 4.79 Å². The molecule has 0 heterocycles. The van der Waals surface area contributed by atoms with Crippen molar-refractivity contribution in [1.29, 1.82) is 0 Å². The summed E-state index contributed by atoms with van der Waals surface area (Å²) in [7, 11) is 1.60. The molecule has 0 aliphatic rings. The van der Waals surface area contributed by atoms with Crippen LogP contribution in [0.5, 0.6) is 23.0 Å². The van der Waals surface area contributed by atoms with E-state index in [-0.39, 0.29) is 12.5 Å². The molecular formula is C25H27NO5. The molecule has 0 aliphatic heterocycles. The van der Waals surface area contributed by atoms with Crippen LogP contribution in [0.1, 0.15) is 29.8 Å². The van der Waals surface area contributed by atoms with Gasteiger partial charge in [-0.15, -0.1) is 0 Å². The Bertz CT molecular complexity index is 1020. The van der Waals surface area contributed by atoms with E-state index in [2.05, 4.69) is 5.32 Å². The van der Waals surface area contributed by atoms with Crippen LogP contribution in [0.4, 0.5) is 5.69 Å². The Morgan fingerprint density at radius 3 is 2.13 bits per heavy atom. The smallest absolute Gasteiger partial charge is 0.255 e. The highest BCUT2D eigenvalue weighted by atomic mass is 16.5. The summed E-state index contributed by atoms with van der Waals surface area (Å²) < 4.78 is 22.6. The lowest BCUT2D eigenvalue weighted by Crippen LogP contribution is -2.14. The topological polar surface area (TPSA) is 66.0 Å². The fourth-order valence-electron chi connectivity index (χ4n) is 3.07. The highest BCUT2D eigenvalue weighted by Crippen LogP contribution is 2.29. The maximum atomic E-state index is 12.9. The third-order valence-electron chi connectivity index (χ3n) is 4.51. The molecule has 3 aromatic carbocycles. The Kier molecular flexibility index (Phi) is 7.76. The molecule has 0 spiro atoms. The van der Waals surface area contributed by atoms with E-state index < -0.39 is 0 Å². The van der Waals surface area contributed by atoms with Gasteiger partial charge in [0.1, 0.15) is 18.1 Å². The molecule has 1 N–H and O–H groups in total. The van der Waals surface area contributed by atoms with Crippen molar-refractivity contribution in [2.75, 3.05) is 25.6 Å². The van der Waals surface area contributed by atoms with E-state index >= 15 is 0 Å². The van der Waals surface area contributed by atoms with Crippen LogP contribution in [-0.2, 0) is 6.61 Å². The van der Waals surface area contributed by atoms with Crippen LogP contribution in [0.15, 0.2) is 66.7 Å². The SMILES string of the molecule is CCOc1ccc(C(=O)Nc2ccccc2OCC)cc1COc1ccccc1OC. The summed E-state index contributed by atoms with van der Waals surface area (Å²) in [6.07, 6.45) is 0. The van der Waals surface area contributed by atoms with Crippen molar-refractivity contribution in [3.8, 4) is 23.0 Å². The van der Waals surface area contributed by atoms with Crippen molar-refractivity contribution in [2.45, 2.75) is 20.5 Å². The van der Waals surface area contributed by atoms with Crippen molar-refractivity contribution >= 4 is 11.6 Å². The third kappa shape index (κ3) is 5.69. The maximum absolute atomic E-state index is 12.9. The zero-order valence-corrected chi connectivity index (χ0v) is 18.0. The second-order valence-electron chi connectivity index (χ2n) is 6.58. The predicted molar refractivity (Wildman–Crippen MR) is 121 cm³/mol. The van der Waals surface area contributed by atoms with Gasteiger partial charge >= 0.3 is 0 Å². The van der Waals surface area contributed by atoms with Gasteiger partial charge in [0, 0.05) is 11.1 Å². The minimum absolute atomic E-state index is 0.229. The lowest BCUT2D eigenvalue weighted by molar-refractivity contribution is 0.102. The van der Waals surface area contributed by atoms with Gasteiger partial charge in [0.15, 0.2) is 11.5 Å². The van der Waals surface area contributed by atoms with E-state index in [4.69, 9.17) is 18.9 Å². The molecule has 0 bridgehead atoms. The standard InChI is InChI=1S/C25H27NO5/c1-4-29-21-15-14-18(25(27)26-20-10-6-7-11-22(20)30-5-2)16-19(21)17-31-24-13-9-8-12-23(24)28-3/h6-16H,4-5,17H2,1-3H3,(H,26,27). The molecule has 6 nitrogen and oxygen atoms in total. The van der Waals surface area contributed by atoms with Crippen LogP contribution in [-0.4, -0.2) is 26.2 Å². The zero-order chi connectivity index (χ0) is 22.1. The van der Waals surface area contributed by atoms with Crippen molar-refractivity contribution in [1.82, 2.24) is 0 Å². The number of anilines is 1. The summed E-state index contributed by atoms with van der Waals surface area (Å²) in [6.45, 7) is 5.07. The lowest BCUT2D eigenvalue weighted by Gasteiger charge is -2.15. The molecule has 6 heteroatoms. The molecular weight excluding hydrogens is 394 g/mol. The van der Waals surface area contributed by atoms with Crippen LogP contribution < -0.4 is 24.3 Å². The molecule has 0 fully saturated rings. The first-order valence-electron chi connectivity index (χ1n) is 10.2. The molecule has 0 atom stereocenters. The van der Waals surface area contributed by atoms with Crippen LogP contribution in [0, 0.1) is 0 Å². The number of benzene rings is 3. The summed E-state index contributed by atoms with van der Waals surface area (Å²) in [4.78, 5) is 12.9. The Morgan fingerprint density at radius 1 is 0.774 bits per heavy atom. The van der Waals surface area contributed by atoms with Gasteiger partial charge in [-0.05, 0) is 56.3 Å². The first-order chi connectivity index (χ1) is 15.2. The molecule has 0 saturated heterocycles. The number of carbonyl (C=O) groups is 1. The molecule has 31 heavy (non-hydrogen) atoms. The first kappa shape index (κ1) is 22.0. The summed E-state index contributed by atoms with van der Waals surface area (Å²) in [5, 5.41) is 2.92. The second kappa shape index (κ2) is 10.9. The lowest BCUT2D eigenvalue weighted by atomic mass is 10.1. The van der Waals surface area contributed by atoms with Gasteiger partial charge in [0.2, 0.25) is 0 Å². The normalized spacial score (nSPS) is 10.3. The molecule has 3 rings (SSSR count). The average Bonchev–Trinajstić information content (AvgIpc) is 2.80. The highest BCUT2D eigenvalue weighted by molar-refractivity contribution is 6.05. The number of amides is 1. The Balaban J connectivity index is 1.81. The summed E-state index contributed by atoms with van der Waals surface area (Å²) in [6, 6.07) is 20.1. The molecule has 162 valence electrons. The van der Waals surface area contributed by atoms with Crippen LogP contribution in [0.25, 0.3) is 0 Å². The molecule has 0 aromatic heterocycles. The maximum Gasteiger partial charge on any atom is 0.255 e. The first-order valence-corrected chi connectivity index (χ1v) is 10.2. The fraction of sp³-hybridized carbons (Fsp3) is 0.240. The van der Waals surface area contributed by atoms with Crippen molar-refractivity contribution in [3.05, 3.63) is 77.9 Å². The Labute approximate surface area is 182 Å². The third-order valence-corrected chi connectivity index (χ3v) is 4.51. The number of methoxy groups -OCH3 is 1. The molecule has 1 amide bonds. The molecule has 0 saturated carbocycles. The molecule has 3 aromatic rings. The minimum Gasteiger partial charge on any atom is -0.493 e. The molecule has 0 radical (unpaired) electrons. The van der Waals surface area contributed by atoms with E-state index in [9.17, 15) is 4.79 Å². The highest BCUT2D eigenvalue weighted by Gasteiger charge is 2.14. The number of ether oxygens (including phenoxy) is 4. The Morgan fingerprint density at radius 2 is 1.42 bits per heavy atom. The van der Waals surface area contributed by atoms with Gasteiger partial charge in [0.05, 0.1) is 26.0 Å². The summed E-state index contributed by atoms with van der Waals surface area (Å²) >= 11 is 0. The van der Waals surface area contributed by atoms with Crippen LogP contribution >= 0.6 is 0 Å². The van der Waals surface area contributed by atoms with Gasteiger partial charge < -0.3 is 24.3 Å². The number of nitrogens with one attached hydrogen (secondary N) is 1. The van der Waals surface area contributed by atoms with Gasteiger partial charge in [0.25, 0.3) is 5.91 Å². The van der Waals surface area contributed by atoms with E-state index in [1.54, 1.807) is 25.3 Å². The van der Waals surface area contributed by atoms with Crippen molar-refractivity contribution in [2.24, 2.45) is 0 Å². The van der Waals surface area contributed by atoms with Crippen molar-refractivity contribution < 1.29 is 23.7 Å². The van der Waals surface area contributed by atoms with Crippen LogP contribution in [0.3, 0.4) is 0 Å². The summed E-state index contributed by atoms with van der Waals surface area (Å²) in [5.74, 6) is 2.32. The quantitative estimate of drug-likeness (QED) is 0.480.